The molecule has 1 aromatic heterocycles. The summed E-state index contributed by atoms with van der Waals surface area (Å²) in [6.07, 6.45) is 1.76. The van der Waals surface area contributed by atoms with Gasteiger partial charge in [-0.05, 0) is 77.0 Å². The van der Waals surface area contributed by atoms with E-state index in [1.165, 1.54) is 29.1 Å². The molecule has 0 saturated carbocycles. The van der Waals surface area contributed by atoms with E-state index in [0.717, 1.165) is 5.56 Å². The summed E-state index contributed by atoms with van der Waals surface area (Å²) in [5.41, 5.74) is 2.85. The molecule has 0 aliphatic carbocycles. The highest BCUT2D eigenvalue weighted by Gasteiger charge is 2.35. The summed E-state index contributed by atoms with van der Waals surface area (Å²) >= 11 is 3.35. The van der Waals surface area contributed by atoms with Crippen LogP contribution in [0.2, 0.25) is 0 Å². The molecule has 0 fully saturated rings. The number of halogens is 2. The minimum absolute atomic E-state index is 0.0216. The van der Waals surface area contributed by atoms with Crippen LogP contribution >= 0.6 is 33.9 Å². The van der Waals surface area contributed by atoms with Gasteiger partial charge in [-0.25, -0.2) is 14.2 Å². The van der Waals surface area contributed by atoms with Crippen molar-refractivity contribution >= 4 is 51.7 Å². The third kappa shape index (κ3) is 6.65. The summed E-state index contributed by atoms with van der Waals surface area (Å²) in [5.74, 6) is 0.557. The van der Waals surface area contributed by atoms with E-state index in [4.69, 9.17) is 23.9 Å². The summed E-state index contributed by atoms with van der Waals surface area (Å²) in [5, 5.41) is 0. The zero-order valence-corrected chi connectivity index (χ0v) is 29.2. The normalized spacial score (nSPS) is 14.3. The van der Waals surface area contributed by atoms with Gasteiger partial charge in [-0.2, -0.15) is 0 Å². The number of carbonyl (C=O) groups is 1. The SMILES string of the molecule is CCOC(=O)C1=C(c2ccccc2)N=c2s/c(=C\c3cc(I)c(OCc4ccccc4F)c(OC)c3)c(=O)n2[C@@H]1c1cccc(OC)c1. The van der Waals surface area contributed by atoms with Gasteiger partial charge >= 0.3 is 5.97 Å². The largest absolute Gasteiger partial charge is 0.497 e. The maximum Gasteiger partial charge on any atom is 0.338 e. The van der Waals surface area contributed by atoms with E-state index in [2.05, 4.69) is 22.6 Å². The first kappa shape index (κ1) is 33.2. The average molecular weight is 777 g/mol. The quantitative estimate of drug-likeness (QED) is 0.123. The number of aromatic nitrogens is 1. The minimum Gasteiger partial charge on any atom is -0.497 e. The lowest BCUT2D eigenvalue weighted by molar-refractivity contribution is -0.138. The van der Waals surface area contributed by atoms with Crippen LogP contribution in [-0.4, -0.2) is 31.4 Å². The van der Waals surface area contributed by atoms with E-state index < -0.39 is 12.0 Å². The minimum atomic E-state index is -0.836. The summed E-state index contributed by atoms with van der Waals surface area (Å²) < 4.78 is 39.6. The van der Waals surface area contributed by atoms with Crippen LogP contribution in [0, 0.1) is 9.39 Å². The molecule has 0 spiro atoms. The zero-order valence-electron chi connectivity index (χ0n) is 26.2. The van der Waals surface area contributed by atoms with E-state index in [9.17, 15) is 14.0 Å². The second kappa shape index (κ2) is 14.6. The molecule has 1 aliphatic heterocycles. The summed E-state index contributed by atoms with van der Waals surface area (Å²) in [6.45, 7) is 1.91. The maximum atomic E-state index is 14.3. The van der Waals surface area contributed by atoms with Crippen molar-refractivity contribution in [2.24, 2.45) is 4.99 Å². The van der Waals surface area contributed by atoms with Gasteiger partial charge in [0.15, 0.2) is 16.3 Å². The van der Waals surface area contributed by atoms with Crippen LogP contribution in [0.25, 0.3) is 11.8 Å². The van der Waals surface area contributed by atoms with Crippen molar-refractivity contribution in [1.29, 1.82) is 0 Å². The number of fused-ring (bicyclic) bond motifs is 1. The van der Waals surface area contributed by atoms with Crippen molar-refractivity contribution in [3.63, 3.8) is 0 Å². The number of thiazole rings is 1. The molecular formula is C37H30FIN2O6S. The zero-order chi connectivity index (χ0) is 33.8. The number of rotatable bonds is 10. The van der Waals surface area contributed by atoms with E-state index in [1.807, 2.05) is 54.6 Å². The van der Waals surface area contributed by atoms with Gasteiger partial charge in [-0.1, -0.05) is 72.0 Å². The monoisotopic (exact) mass is 776 g/mol. The fourth-order valence-electron chi connectivity index (χ4n) is 5.45. The molecule has 4 aromatic carbocycles. The number of esters is 1. The molecule has 0 bridgehead atoms. The molecule has 2 heterocycles. The van der Waals surface area contributed by atoms with E-state index in [0.29, 0.717) is 52.5 Å². The predicted molar refractivity (Wildman–Crippen MR) is 190 cm³/mol. The molecule has 0 N–H and O–H groups in total. The standard InChI is InChI=1S/C37H30FIN2O6S/c1-4-46-36(43)31-32(23-11-6-5-7-12-23)40-37-41(33(31)24-14-10-15-26(20-24)44-2)35(42)30(48-37)19-22-17-28(39)34(29(18-22)45-3)47-21-25-13-8-9-16-27(25)38/h5-20,33H,4,21H2,1-3H3/b30-19-/t33-/m1/s1. The highest BCUT2D eigenvalue weighted by molar-refractivity contribution is 14.1. The first-order valence-electron chi connectivity index (χ1n) is 15.0. The number of carbonyl (C=O) groups excluding carboxylic acids is 1. The predicted octanol–water partition coefficient (Wildman–Crippen LogP) is 6.28. The van der Waals surface area contributed by atoms with E-state index in [1.54, 1.807) is 50.4 Å². The smallest absolute Gasteiger partial charge is 0.338 e. The Hall–Kier alpha value is -4.75. The van der Waals surface area contributed by atoms with E-state index in [-0.39, 0.29) is 30.2 Å². The number of hydrogen-bond acceptors (Lipinski definition) is 8. The number of methoxy groups -OCH3 is 2. The fourth-order valence-corrected chi connectivity index (χ4v) is 7.23. The average Bonchev–Trinajstić information content (AvgIpc) is 3.41. The fraction of sp³-hybridized carbons (Fsp3) is 0.162. The second-order valence-electron chi connectivity index (χ2n) is 10.6. The second-order valence-corrected chi connectivity index (χ2v) is 12.8. The van der Waals surface area contributed by atoms with Crippen LogP contribution in [0.5, 0.6) is 17.2 Å². The first-order chi connectivity index (χ1) is 23.3. The third-order valence-corrected chi connectivity index (χ3v) is 9.45. The van der Waals surface area contributed by atoms with Crippen molar-refractivity contribution < 1.29 is 28.1 Å². The lowest BCUT2D eigenvalue weighted by Crippen LogP contribution is -2.40. The van der Waals surface area contributed by atoms with Crippen LogP contribution in [0.4, 0.5) is 4.39 Å². The molecular weight excluding hydrogens is 746 g/mol. The molecule has 8 nitrogen and oxygen atoms in total. The van der Waals surface area contributed by atoms with Crippen molar-refractivity contribution in [2.75, 3.05) is 20.8 Å². The first-order valence-corrected chi connectivity index (χ1v) is 16.9. The van der Waals surface area contributed by atoms with Crippen molar-refractivity contribution in [1.82, 2.24) is 4.57 Å². The molecule has 0 radical (unpaired) electrons. The Labute approximate surface area is 293 Å². The van der Waals surface area contributed by atoms with Gasteiger partial charge in [0.1, 0.15) is 18.2 Å². The van der Waals surface area contributed by atoms with Gasteiger partial charge in [-0.3, -0.25) is 9.36 Å². The third-order valence-electron chi connectivity index (χ3n) is 7.66. The number of benzene rings is 4. The van der Waals surface area contributed by atoms with Gasteiger partial charge in [-0.15, -0.1) is 0 Å². The summed E-state index contributed by atoms with van der Waals surface area (Å²) in [4.78, 5) is 33.3. The van der Waals surface area contributed by atoms with Gasteiger partial charge in [0, 0.05) is 11.1 Å². The van der Waals surface area contributed by atoms with Gasteiger partial charge < -0.3 is 18.9 Å². The Morgan fingerprint density at radius 3 is 2.50 bits per heavy atom. The van der Waals surface area contributed by atoms with Crippen LogP contribution in [-0.2, 0) is 16.1 Å². The van der Waals surface area contributed by atoms with Gasteiger partial charge in [0.05, 0.1) is 46.2 Å². The molecule has 48 heavy (non-hydrogen) atoms. The van der Waals surface area contributed by atoms with Gasteiger partial charge in [0.2, 0.25) is 0 Å². The van der Waals surface area contributed by atoms with Gasteiger partial charge in [0.25, 0.3) is 5.56 Å². The van der Waals surface area contributed by atoms with Crippen molar-refractivity contribution in [2.45, 2.75) is 19.6 Å². The maximum absolute atomic E-state index is 14.3. The van der Waals surface area contributed by atoms with Crippen molar-refractivity contribution in [3.05, 3.63) is 148 Å². The topological polar surface area (TPSA) is 88.4 Å². The lowest BCUT2D eigenvalue weighted by atomic mass is 9.93. The Kier molecular flexibility index (Phi) is 10.1. The molecule has 244 valence electrons. The molecule has 5 aromatic rings. The molecule has 0 amide bonds. The van der Waals surface area contributed by atoms with Crippen LogP contribution in [0.15, 0.2) is 106 Å². The molecule has 0 unspecified atom stereocenters. The van der Waals surface area contributed by atoms with Crippen molar-refractivity contribution in [3.8, 4) is 17.2 Å². The van der Waals surface area contributed by atoms with E-state index >= 15 is 0 Å². The number of hydrogen-bond donors (Lipinski definition) is 0. The Balaban J connectivity index is 1.51. The molecule has 6 rings (SSSR count). The Morgan fingerprint density at radius 2 is 1.77 bits per heavy atom. The van der Waals surface area contributed by atoms with Crippen LogP contribution in [0.3, 0.4) is 0 Å². The molecule has 1 atom stereocenters. The Morgan fingerprint density at radius 1 is 1.00 bits per heavy atom. The van der Waals surface area contributed by atoms with Crippen LogP contribution < -0.4 is 29.1 Å². The Bertz CT molecular complexity index is 2210. The summed E-state index contributed by atoms with van der Waals surface area (Å²) in [7, 11) is 3.09. The summed E-state index contributed by atoms with van der Waals surface area (Å²) in [6, 6.07) is 25.9. The molecule has 11 heteroatoms. The highest BCUT2D eigenvalue weighted by Crippen LogP contribution is 2.37. The number of nitrogens with zero attached hydrogens (tertiary/aromatic N) is 2. The van der Waals surface area contributed by atoms with Crippen LogP contribution in [0.1, 0.15) is 35.2 Å². The lowest BCUT2D eigenvalue weighted by Gasteiger charge is -2.26. The molecule has 1 aliphatic rings. The number of ether oxygens (including phenoxy) is 4. The highest BCUT2D eigenvalue weighted by atomic mass is 127. The molecule has 0 saturated heterocycles.